The first-order valence-corrected chi connectivity index (χ1v) is 8.28. The van der Waals surface area contributed by atoms with Crippen LogP contribution in [0, 0.1) is 0 Å². The molecule has 2 N–H and O–H groups in total. The van der Waals surface area contributed by atoms with E-state index in [-0.39, 0.29) is 11.5 Å². The van der Waals surface area contributed by atoms with Crippen molar-refractivity contribution in [3.63, 3.8) is 0 Å². The van der Waals surface area contributed by atoms with Crippen LogP contribution in [0.5, 0.6) is 11.5 Å². The molecule has 2 unspecified atom stereocenters. The van der Waals surface area contributed by atoms with Crippen molar-refractivity contribution < 1.29 is 23.8 Å². The Labute approximate surface area is 141 Å². The number of para-hydroxylation sites is 2. The number of hydrogen-bond acceptors (Lipinski definition) is 5. The molecule has 0 amide bonds. The quantitative estimate of drug-likeness (QED) is 0.523. The highest BCUT2D eigenvalue weighted by molar-refractivity contribution is 7.33. The van der Waals surface area contributed by atoms with E-state index in [1.807, 2.05) is 0 Å². The third-order valence-corrected chi connectivity index (χ3v) is 4.11. The van der Waals surface area contributed by atoms with Crippen molar-refractivity contribution in [2.45, 2.75) is 12.2 Å². The number of phenols is 2. The largest absolute Gasteiger partial charge is 0.699 e. The Morgan fingerprint density at radius 2 is 1.21 bits per heavy atom. The Balaban J connectivity index is 2.11. The normalized spacial score (nSPS) is 13.8. The summed E-state index contributed by atoms with van der Waals surface area (Å²) in [6.07, 6.45) is 1.22. The zero-order valence-electron chi connectivity index (χ0n) is 12.9. The highest BCUT2D eigenvalue weighted by Crippen LogP contribution is 2.42. The molecule has 2 aromatic carbocycles. The molecular weight excluding hydrogens is 327 g/mol. The number of rotatable bonds is 8. The van der Waals surface area contributed by atoms with Gasteiger partial charge in [-0.25, -0.2) is 0 Å². The lowest BCUT2D eigenvalue weighted by atomic mass is 10.1. The van der Waals surface area contributed by atoms with E-state index in [9.17, 15) is 14.8 Å². The lowest BCUT2D eigenvalue weighted by Crippen LogP contribution is -2.01. The second kappa shape index (κ2) is 8.41. The molecule has 0 aliphatic rings. The molecule has 0 spiro atoms. The van der Waals surface area contributed by atoms with Gasteiger partial charge in [-0.15, -0.1) is 9.05 Å². The van der Waals surface area contributed by atoms with Gasteiger partial charge in [0.15, 0.2) is 12.2 Å². The maximum Gasteiger partial charge on any atom is 0.699 e. The summed E-state index contributed by atoms with van der Waals surface area (Å²) in [5, 5.41) is 19.7. The molecule has 0 heterocycles. The summed E-state index contributed by atoms with van der Waals surface area (Å²) < 4.78 is 22.9. The van der Waals surface area contributed by atoms with Crippen LogP contribution in [0.4, 0.5) is 0 Å². The maximum absolute atomic E-state index is 12.2. The first kappa shape index (κ1) is 17.9. The minimum Gasteiger partial charge on any atom is -0.508 e. The zero-order valence-corrected chi connectivity index (χ0v) is 13.8. The second-order valence-corrected chi connectivity index (χ2v) is 5.73. The second-order valence-electron chi connectivity index (χ2n) is 4.86. The smallest absolute Gasteiger partial charge is 0.508 e. The third kappa shape index (κ3) is 4.30. The fourth-order valence-electron chi connectivity index (χ4n) is 2.12. The van der Waals surface area contributed by atoms with Gasteiger partial charge in [0.05, 0.1) is 0 Å². The number of hydrogen-bond donors (Lipinski definition) is 2. The molecule has 0 fully saturated rings. The monoisotopic (exact) mass is 345 g/mol. The van der Waals surface area contributed by atoms with E-state index in [4.69, 9.17) is 9.05 Å². The molecule has 0 aliphatic heterocycles. The van der Waals surface area contributed by atoms with Gasteiger partial charge in [0.1, 0.15) is 11.5 Å². The van der Waals surface area contributed by atoms with E-state index < -0.39 is 20.5 Å². The number of phenolic OH excluding ortho intramolecular Hbond substituents is 2. The van der Waals surface area contributed by atoms with Gasteiger partial charge in [0.2, 0.25) is 0 Å². The molecule has 0 saturated heterocycles. The average Bonchev–Trinajstić information content (AvgIpc) is 2.59. The van der Waals surface area contributed by atoms with Crippen LogP contribution in [0.15, 0.2) is 73.8 Å². The summed E-state index contributed by atoms with van der Waals surface area (Å²) in [6, 6.07) is 13.0. The highest BCUT2D eigenvalue weighted by atomic mass is 31.1. The van der Waals surface area contributed by atoms with E-state index in [0.717, 1.165) is 0 Å². The van der Waals surface area contributed by atoms with E-state index in [1.54, 1.807) is 36.4 Å². The van der Waals surface area contributed by atoms with E-state index in [0.29, 0.717) is 11.1 Å². The highest BCUT2D eigenvalue weighted by Gasteiger charge is 2.32. The molecule has 5 nitrogen and oxygen atoms in total. The molecule has 2 rings (SSSR count). The van der Waals surface area contributed by atoms with Crippen LogP contribution in [-0.4, -0.2) is 10.2 Å². The number of benzene rings is 2. The molecule has 0 radical (unpaired) electrons. The topological polar surface area (TPSA) is 76.0 Å². The Kier molecular flexibility index (Phi) is 6.27. The fourth-order valence-corrected chi connectivity index (χ4v) is 2.94. The van der Waals surface area contributed by atoms with Crippen molar-refractivity contribution in [3.8, 4) is 11.5 Å². The summed E-state index contributed by atoms with van der Waals surface area (Å²) in [6.45, 7) is 7.25. The molecule has 0 bridgehead atoms. The fraction of sp³-hybridized carbons (Fsp3) is 0.111. The standard InChI is InChI=1S/C18H17O5P/c1-3-17(13-9-5-7-11-15(13)19)22-24(21)23-18(4-2)14-10-6-8-12-16(14)20/h3-12,17-18H,1-2H2,(H-,19,20)/p+1. The van der Waals surface area contributed by atoms with Crippen LogP contribution in [0.3, 0.4) is 0 Å². The first-order valence-electron chi connectivity index (χ1n) is 7.18. The summed E-state index contributed by atoms with van der Waals surface area (Å²) in [5.41, 5.74) is 0.856. The van der Waals surface area contributed by atoms with E-state index in [1.165, 1.54) is 24.3 Å². The number of aromatic hydroxyl groups is 2. The Morgan fingerprint density at radius 1 is 0.833 bits per heavy atom. The average molecular weight is 345 g/mol. The van der Waals surface area contributed by atoms with Crippen LogP contribution >= 0.6 is 8.25 Å². The van der Waals surface area contributed by atoms with Crippen LogP contribution in [0.1, 0.15) is 23.3 Å². The van der Waals surface area contributed by atoms with Gasteiger partial charge < -0.3 is 10.2 Å². The Bertz CT molecular complexity index is 682. The minimum atomic E-state index is -2.56. The van der Waals surface area contributed by atoms with Gasteiger partial charge in [-0.2, -0.15) is 0 Å². The molecule has 2 aromatic rings. The molecule has 124 valence electrons. The minimum absolute atomic E-state index is 0.00627. The van der Waals surface area contributed by atoms with Crippen LogP contribution in [0.25, 0.3) is 0 Å². The lowest BCUT2D eigenvalue weighted by molar-refractivity contribution is 0.167. The van der Waals surface area contributed by atoms with Crippen LogP contribution < -0.4 is 0 Å². The summed E-state index contributed by atoms with van der Waals surface area (Å²) >= 11 is 0. The SMILES string of the molecule is C=CC(O[P+](=O)OC(C=C)c1ccccc1O)c1ccccc1O. The summed E-state index contributed by atoms with van der Waals surface area (Å²) in [7, 11) is -2.56. The van der Waals surface area contributed by atoms with Crippen LogP contribution in [0.2, 0.25) is 0 Å². The predicted molar refractivity (Wildman–Crippen MR) is 91.9 cm³/mol. The molecule has 0 aliphatic carbocycles. The Morgan fingerprint density at radius 3 is 1.54 bits per heavy atom. The predicted octanol–water partition coefficient (Wildman–Crippen LogP) is 4.94. The van der Waals surface area contributed by atoms with E-state index in [2.05, 4.69) is 13.2 Å². The molecule has 0 saturated carbocycles. The van der Waals surface area contributed by atoms with Crippen molar-refractivity contribution in [2.24, 2.45) is 0 Å². The maximum atomic E-state index is 12.2. The Hall–Kier alpha value is -2.46. The van der Waals surface area contributed by atoms with Gasteiger partial charge in [-0.05, 0) is 12.1 Å². The van der Waals surface area contributed by atoms with Gasteiger partial charge in [0, 0.05) is 15.7 Å². The van der Waals surface area contributed by atoms with Gasteiger partial charge in [-0.3, -0.25) is 0 Å². The molecule has 24 heavy (non-hydrogen) atoms. The van der Waals surface area contributed by atoms with Crippen molar-refractivity contribution in [1.82, 2.24) is 0 Å². The van der Waals surface area contributed by atoms with Crippen molar-refractivity contribution in [2.75, 3.05) is 0 Å². The van der Waals surface area contributed by atoms with Crippen LogP contribution in [-0.2, 0) is 13.6 Å². The van der Waals surface area contributed by atoms with Gasteiger partial charge >= 0.3 is 8.25 Å². The molecule has 0 aromatic heterocycles. The summed E-state index contributed by atoms with van der Waals surface area (Å²) in [4.78, 5) is 0. The third-order valence-electron chi connectivity index (χ3n) is 3.31. The van der Waals surface area contributed by atoms with Crippen molar-refractivity contribution in [1.29, 1.82) is 0 Å². The first-order chi connectivity index (χ1) is 11.6. The van der Waals surface area contributed by atoms with Crippen molar-refractivity contribution in [3.05, 3.63) is 85.0 Å². The molecule has 2 atom stereocenters. The van der Waals surface area contributed by atoms with Gasteiger partial charge in [-0.1, -0.05) is 61.7 Å². The summed E-state index contributed by atoms with van der Waals surface area (Å²) in [5.74, 6) is 0.0125. The van der Waals surface area contributed by atoms with E-state index >= 15 is 0 Å². The molecule has 6 heteroatoms. The van der Waals surface area contributed by atoms with Crippen molar-refractivity contribution >= 4 is 8.25 Å². The molecular formula is C18H18O5P+. The van der Waals surface area contributed by atoms with Gasteiger partial charge in [0.25, 0.3) is 0 Å². The lowest BCUT2D eigenvalue weighted by Gasteiger charge is -2.10. The zero-order chi connectivity index (χ0) is 17.5.